The largest absolute Gasteiger partial charge is 0.0654 e. The van der Waals surface area contributed by atoms with Crippen LogP contribution >= 0.6 is 0 Å². The number of unbranched alkanes of at least 4 members (excludes halogenated alkanes) is 1. The Hall–Kier alpha value is 0. The van der Waals surface area contributed by atoms with Crippen molar-refractivity contribution < 1.29 is 0 Å². The van der Waals surface area contributed by atoms with Gasteiger partial charge in [-0.2, -0.15) is 0 Å². The monoisotopic (exact) mass is 324 g/mol. The van der Waals surface area contributed by atoms with E-state index in [1.165, 1.54) is 70.6 Å². The van der Waals surface area contributed by atoms with E-state index in [1.54, 1.807) is 0 Å². The minimum Gasteiger partial charge on any atom is -0.0654 e. The lowest BCUT2D eigenvalue weighted by Gasteiger charge is -2.26. The van der Waals surface area contributed by atoms with E-state index in [2.05, 4.69) is 48.5 Å². The van der Waals surface area contributed by atoms with Crippen LogP contribution in [0.15, 0.2) is 0 Å². The van der Waals surface area contributed by atoms with Crippen LogP contribution in [0.1, 0.15) is 119 Å². The molecule has 0 heterocycles. The van der Waals surface area contributed by atoms with Crippen LogP contribution in [0.25, 0.3) is 0 Å². The van der Waals surface area contributed by atoms with Gasteiger partial charge >= 0.3 is 0 Å². The number of rotatable bonds is 15. The van der Waals surface area contributed by atoms with Gasteiger partial charge in [0.1, 0.15) is 0 Å². The zero-order valence-electron chi connectivity index (χ0n) is 17.7. The molecule has 0 saturated carbocycles. The molecule has 0 bridgehead atoms. The predicted octanol–water partition coefficient (Wildman–Crippen LogP) is 8.50. The average molecular weight is 325 g/mol. The second-order valence-corrected chi connectivity index (χ2v) is 9.02. The highest BCUT2D eigenvalue weighted by atomic mass is 14.2. The van der Waals surface area contributed by atoms with Crippen molar-refractivity contribution in [3.05, 3.63) is 0 Å². The first-order chi connectivity index (χ1) is 10.9. The molecule has 140 valence electrons. The molecule has 0 fully saturated rings. The first-order valence-corrected chi connectivity index (χ1v) is 10.9. The molecular formula is C23H48. The third kappa shape index (κ3) is 13.0. The van der Waals surface area contributed by atoms with E-state index in [9.17, 15) is 0 Å². The van der Waals surface area contributed by atoms with Crippen molar-refractivity contribution >= 4 is 0 Å². The second kappa shape index (κ2) is 14.4. The molecule has 0 N–H and O–H groups in total. The summed E-state index contributed by atoms with van der Waals surface area (Å²) in [6, 6.07) is 0. The van der Waals surface area contributed by atoms with Crippen molar-refractivity contribution in [2.24, 2.45) is 29.6 Å². The van der Waals surface area contributed by atoms with Crippen molar-refractivity contribution in [3.8, 4) is 0 Å². The molecule has 0 spiro atoms. The Morgan fingerprint density at radius 2 is 1.17 bits per heavy atom. The Morgan fingerprint density at radius 3 is 1.74 bits per heavy atom. The van der Waals surface area contributed by atoms with Crippen molar-refractivity contribution in [1.29, 1.82) is 0 Å². The summed E-state index contributed by atoms with van der Waals surface area (Å²) in [5.41, 5.74) is 0. The molecule has 0 saturated heterocycles. The fourth-order valence-electron chi connectivity index (χ4n) is 4.34. The van der Waals surface area contributed by atoms with Gasteiger partial charge in [-0.05, 0) is 42.4 Å². The zero-order chi connectivity index (χ0) is 17.7. The van der Waals surface area contributed by atoms with Gasteiger partial charge < -0.3 is 0 Å². The van der Waals surface area contributed by atoms with Gasteiger partial charge in [-0.25, -0.2) is 0 Å². The third-order valence-electron chi connectivity index (χ3n) is 5.76. The molecule has 0 rings (SSSR count). The zero-order valence-corrected chi connectivity index (χ0v) is 17.7. The highest BCUT2D eigenvalue weighted by molar-refractivity contribution is 4.69. The van der Waals surface area contributed by atoms with Crippen LogP contribution in [0.5, 0.6) is 0 Å². The molecular weight excluding hydrogens is 276 g/mol. The lowest BCUT2D eigenvalue weighted by molar-refractivity contribution is 0.260. The molecule has 0 heteroatoms. The molecule has 0 radical (unpaired) electrons. The maximum absolute atomic E-state index is 2.53. The lowest BCUT2D eigenvalue weighted by atomic mass is 9.80. The number of hydrogen-bond donors (Lipinski definition) is 0. The molecule has 0 aromatic heterocycles. The highest BCUT2D eigenvalue weighted by Crippen LogP contribution is 2.30. The molecule has 4 unspecified atom stereocenters. The van der Waals surface area contributed by atoms with E-state index in [4.69, 9.17) is 0 Å². The third-order valence-corrected chi connectivity index (χ3v) is 5.76. The lowest BCUT2D eigenvalue weighted by Crippen LogP contribution is -2.14. The van der Waals surface area contributed by atoms with Gasteiger partial charge in [0.15, 0.2) is 0 Å². The minimum absolute atomic E-state index is 0.858. The fourth-order valence-corrected chi connectivity index (χ4v) is 4.34. The van der Waals surface area contributed by atoms with Crippen LogP contribution < -0.4 is 0 Å². The van der Waals surface area contributed by atoms with Crippen molar-refractivity contribution in [3.63, 3.8) is 0 Å². The van der Waals surface area contributed by atoms with Crippen molar-refractivity contribution in [1.82, 2.24) is 0 Å². The van der Waals surface area contributed by atoms with Gasteiger partial charge in [-0.3, -0.25) is 0 Å². The van der Waals surface area contributed by atoms with Gasteiger partial charge in [0.2, 0.25) is 0 Å². The van der Waals surface area contributed by atoms with E-state index in [1.807, 2.05) is 0 Å². The van der Waals surface area contributed by atoms with E-state index in [0.717, 1.165) is 29.6 Å². The molecule has 0 aromatic rings. The molecule has 0 aliphatic rings. The first-order valence-electron chi connectivity index (χ1n) is 10.9. The Kier molecular flexibility index (Phi) is 14.4. The van der Waals surface area contributed by atoms with Gasteiger partial charge in [0, 0.05) is 0 Å². The molecule has 0 aromatic carbocycles. The summed E-state index contributed by atoms with van der Waals surface area (Å²) >= 11 is 0. The smallest absolute Gasteiger partial charge is 0.0388 e. The molecule has 0 nitrogen and oxygen atoms in total. The van der Waals surface area contributed by atoms with Crippen molar-refractivity contribution in [2.75, 3.05) is 0 Å². The Morgan fingerprint density at radius 1 is 0.565 bits per heavy atom. The quantitative estimate of drug-likeness (QED) is 0.265. The molecule has 0 amide bonds. The second-order valence-electron chi connectivity index (χ2n) is 9.02. The summed E-state index contributed by atoms with van der Waals surface area (Å²) < 4.78 is 0. The minimum atomic E-state index is 0.858. The van der Waals surface area contributed by atoms with Crippen LogP contribution in [0.2, 0.25) is 0 Å². The summed E-state index contributed by atoms with van der Waals surface area (Å²) in [6.45, 7) is 16.8. The summed E-state index contributed by atoms with van der Waals surface area (Å²) in [4.78, 5) is 0. The SMILES string of the molecule is CCCC(C)CCCCC(C)C(CCC)CCC(C)CC(C)C. The first kappa shape index (κ1) is 23.0. The van der Waals surface area contributed by atoms with Crippen LogP contribution in [-0.2, 0) is 0 Å². The summed E-state index contributed by atoms with van der Waals surface area (Å²) in [5, 5.41) is 0. The maximum Gasteiger partial charge on any atom is -0.0388 e. The Balaban J connectivity index is 4.01. The topological polar surface area (TPSA) is 0 Å². The van der Waals surface area contributed by atoms with Crippen LogP contribution in [0.3, 0.4) is 0 Å². The number of hydrogen-bond acceptors (Lipinski definition) is 0. The Labute approximate surface area is 149 Å². The predicted molar refractivity (Wildman–Crippen MR) is 108 cm³/mol. The highest BCUT2D eigenvalue weighted by Gasteiger charge is 2.18. The van der Waals surface area contributed by atoms with E-state index >= 15 is 0 Å². The Bertz CT molecular complexity index is 242. The van der Waals surface area contributed by atoms with Gasteiger partial charge in [-0.15, -0.1) is 0 Å². The van der Waals surface area contributed by atoms with Gasteiger partial charge in [0.05, 0.1) is 0 Å². The fraction of sp³-hybridized carbons (Fsp3) is 1.00. The maximum atomic E-state index is 2.53. The summed E-state index contributed by atoms with van der Waals surface area (Å²) in [6.07, 6.45) is 15.7. The van der Waals surface area contributed by atoms with Gasteiger partial charge in [0.25, 0.3) is 0 Å². The molecule has 0 aliphatic heterocycles. The summed E-state index contributed by atoms with van der Waals surface area (Å²) in [5.74, 6) is 4.62. The van der Waals surface area contributed by atoms with Gasteiger partial charge in [-0.1, -0.05) is 106 Å². The van der Waals surface area contributed by atoms with Crippen LogP contribution in [0, 0.1) is 29.6 Å². The normalized spacial score (nSPS) is 17.2. The molecule has 4 atom stereocenters. The molecule has 0 aliphatic carbocycles. The average Bonchev–Trinajstić information content (AvgIpc) is 2.47. The van der Waals surface area contributed by atoms with Crippen LogP contribution in [-0.4, -0.2) is 0 Å². The summed E-state index contributed by atoms with van der Waals surface area (Å²) in [7, 11) is 0. The van der Waals surface area contributed by atoms with E-state index in [-0.39, 0.29) is 0 Å². The van der Waals surface area contributed by atoms with Crippen molar-refractivity contribution in [2.45, 2.75) is 119 Å². The van der Waals surface area contributed by atoms with E-state index < -0.39 is 0 Å². The van der Waals surface area contributed by atoms with Crippen LogP contribution in [0.4, 0.5) is 0 Å². The molecule has 23 heavy (non-hydrogen) atoms. The van der Waals surface area contributed by atoms with E-state index in [0.29, 0.717) is 0 Å². The standard InChI is InChI=1S/C23H48/c1-8-12-20(5)14-10-11-15-22(7)23(13-9-2)17-16-21(6)18-19(3)4/h19-23H,8-18H2,1-7H3.